The van der Waals surface area contributed by atoms with E-state index < -0.39 is 0 Å². The molecule has 0 saturated carbocycles. The number of rotatable bonds is 1. The van der Waals surface area contributed by atoms with Gasteiger partial charge in [0.05, 0.1) is 11.4 Å². The molecule has 0 aliphatic rings. The third-order valence-electron chi connectivity index (χ3n) is 1.63. The minimum atomic E-state index is 0.675. The summed E-state index contributed by atoms with van der Waals surface area (Å²) in [4.78, 5) is 1.16. The van der Waals surface area contributed by atoms with Crippen LogP contribution >= 0.6 is 11.8 Å². The zero-order valence-electron chi connectivity index (χ0n) is 6.72. The van der Waals surface area contributed by atoms with Gasteiger partial charge in [-0.15, -0.1) is 11.8 Å². The van der Waals surface area contributed by atoms with Gasteiger partial charge in [-0.1, -0.05) is 0 Å². The Labute approximate surface area is 71.0 Å². The maximum atomic E-state index is 5.67. The predicted molar refractivity (Wildman–Crippen MR) is 51.8 cm³/mol. The largest absolute Gasteiger partial charge is 0.397 e. The van der Waals surface area contributed by atoms with Crippen molar-refractivity contribution >= 4 is 23.1 Å². The predicted octanol–water partition coefficient (Wildman–Crippen LogP) is 1.88. The van der Waals surface area contributed by atoms with Gasteiger partial charge in [-0.2, -0.15) is 0 Å². The molecule has 0 saturated heterocycles. The van der Waals surface area contributed by atoms with Crippen LogP contribution in [0.1, 0.15) is 5.56 Å². The number of thioether (sulfide) groups is 1. The van der Waals surface area contributed by atoms with Gasteiger partial charge in [0.1, 0.15) is 0 Å². The van der Waals surface area contributed by atoms with Gasteiger partial charge in [-0.25, -0.2) is 0 Å². The fraction of sp³-hybridized carbons (Fsp3) is 0.250. The van der Waals surface area contributed by atoms with Crippen molar-refractivity contribution in [3.05, 3.63) is 17.7 Å². The molecule has 3 heteroatoms. The molecule has 1 rings (SSSR count). The highest BCUT2D eigenvalue weighted by Crippen LogP contribution is 2.26. The topological polar surface area (TPSA) is 52.0 Å². The third kappa shape index (κ3) is 1.60. The van der Waals surface area contributed by atoms with Gasteiger partial charge in [0, 0.05) is 4.90 Å². The molecule has 0 amide bonds. The normalized spacial score (nSPS) is 10.0. The van der Waals surface area contributed by atoms with Crippen molar-refractivity contribution in [1.82, 2.24) is 0 Å². The van der Waals surface area contributed by atoms with E-state index in [1.165, 1.54) is 0 Å². The molecule has 4 N–H and O–H groups in total. The van der Waals surface area contributed by atoms with E-state index in [1.54, 1.807) is 11.8 Å². The van der Waals surface area contributed by atoms with Crippen LogP contribution in [0.5, 0.6) is 0 Å². The summed E-state index contributed by atoms with van der Waals surface area (Å²) in [6.07, 6.45) is 2.02. The van der Waals surface area contributed by atoms with Crippen molar-refractivity contribution < 1.29 is 0 Å². The monoisotopic (exact) mass is 168 g/mol. The summed E-state index contributed by atoms with van der Waals surface area (Å²) >= 11 is 1.67. The molecule has 11 heavy (non-hydrogen) atoms. The molecule has 0 bridgehead atoms. The standard InChI is InChI=1S/C8H12N2S/c1-5-3-6(11-2)4-7(9)8(5)10/h3-4H,9-10H2,1-2H3. The average molecular weight is 168 g/mol. The van der Waals surface area contributed by atoms with Gasteiger partial charge in [0.15, 0.2) is 0 Å². The highest BCUT2D eigenvalue weighted by molar-refractivity contribution is 7.98. The first-order chi connectivity index (χ1) is 5.15. The first-order valence-electron chi connectivity index (χ1n) is 3.34. The molecule has 0 aliphatic heterocycles. The summed E-state index contributed by atoms with van der Waals surface area (Å²) in [5, 5.41) is 0. The van der Waals surface area contributed by atoms with E-state index in [0.29, 0.717) is 11.4 Å². The van der Waals surface area contributed by atoms with Crippen molar-refractivity contribution in [2.45, 2.75) is 11.8 Å². The van der Waals surface area contributed by atoms with Gasteiger partial charge in [0.25, 0.3) is 0 Å². The Morgan fingerprint density at radius 1 is 1.27 bits per heavy atom. The fourth-order valence-corrected chi connectivity index (χ4v) is 1.45. The van der Waals surface area contributed by atoms with Crippen LogP contribution in [0.25, 0.3) is 0 Å². The van der Waals surface area contributed by atoms with E-state index in [-0.39, 0.29) is 0 Å². The highest BCUT2D eigenvalue weighted by Gasteiger charge is 2.00. The van der Waals surface area contributed by atoms with E-state index in [4.69, 9.17) is 11.5 Å². The van der Waals surface area contributed by atoms with Crippen LogP contribution in [0.4, 0.5) is 11.4 Å². The van der Waals surface area contributed by atoms with Crippen LogP contribution in [0.15, 0.2) is 17.0 Å². The lowest BCUT2D eigenvalue weighted by molar-refractivity contribution is 1.37. The Bertz CT molecular complexity index is 248. The Morgan fingerprint density at radius 3 is 2.36 bits per heavy atom. The number of aryl methyl sites for hydroxylation is 1. The Hall–Kier alpha value is -0.830. The lowest BCUT2D eigenvalue weighted by Gasteiger charge is -2.05. The van der Waals surface area contributed by atoms with Crippen LogP contribution in [0, 0.1) is 6.92 Å². The summed E-state index contributed by atoms with van der Waals surface area (Å²) in [5.74, 6) is 0. The third-order valence-corrected chi connectivity index (χ3v) is 2.34. The molecule has 0 unspecified atom stereocenters. The molecule has 0 heterocycles. The lowest BCUT2D eigenvalue weighted by atomic mass is 10.2. The van der Waals surface area contributed by atoms with Crippen LogP contribution in [0.3, 0.4) is 0 Å². The SMILES string of the molecule is CSc1cc(C)c(N)c(N)c1. The molecule has 1 aromatic rings. The van der Waals surface area contributed by atoms with E-state index >= 15 is 0 Å². The van der Waals surface area contributed by atoms with Gasteiger partial charge in [0.2, 0.25) is 0 Å². The van der Waals surface area contributed by atoms with E-state index in [9.17, 15) is 0 Å². The summed E-state index contributed by atoms with van der Waals surface area (Å²) in [7, 11) is 0. The van der Waals surface area contributed by atoms with E-state index in [0.717, 1.165) is 10.5 Å². The van der Waals surface area contributed by atoms with Crippen LogP contribution in [0.2, 0.25) is 0 Å². The van der Waals surface area contributed by atoms with Crippen molar-refractivity contribution in [2.75, 3.05) is 17.7 Å². The van der Waals surface area contributed by atoms with Gasteiger partial charge < -0.3 is 11.5 Å². The van der Waals surface area contributed by atoms with E-state index in [2.05, 4.69) is 0 Å². The maximum absolute atomic E-state index is 5.67. The zero-order chi connectivity index (χ0) is 8.43. The highest BCUT2D eigenvalue weighted by atomic mass is 32.2. The van der Waals surface area contributed by atoms with Crippen LogP contribution in [-0.4, -0.2) is 6.26 Å². The fourth-order valence-electron chi connectivity index (χ4n) is 0.909. The smallest absolute Gasteiger partial charge is 0.0578 e. The average Bonchev–Trinajstić information content (AvgIpc) is 1.99. The van der Waals surface area contributed by atoms with E-state index in [1.807, 2.05) is 25.3 Å². The molecule has 0 spiro atoms. The zero-order valence-corrected chi connectivity index (χ0v) is 7.53. The van der Waals surface area contributed by atoms with Crippen LogP contribution in [-0.2, 0) is 0 Å². The number of hydrogen-bond donors (Lipinski definition) is 2. The number of anilines is 2. The number of nitrogens with two attached hydrogens (primary N) is 2. The minimum Gasteiger partial charge on any atom is -0.397 e. The molecule has 2 nitrogen and oxygen atoms in total. The van der Waals surface area contributed by atoms with Gasteiger partial charge >= 0.3 is 0 Å². The molecule has 0 aromatic heterocycles. The second-order valence-corrected chi connectivity index (χ2v) is 3.33. The van der Waals surface area contributed by atoms with Crippen molar-refractivity contribution in [2.24, 2.45) is 0 Å². The molecule has 0 atom stereocenters. The van der Waals surface area contributed by atoms with Crippen LogP contribution < -0.4 is 11.5 Å². The quantitative estimate of drug-likeness (QED) is 0.497. The Morgan fingerprint density at radius 2 is 1.91 bits per heavy atom. The van der Waals surface area contributed by atoms with Crippen molar-refractivity contribution in [3.8, 4) is 0 Å². The summed E-state index contributed by atoms with van der Waals surface area (Å²) < 4.78 is 0. The Balaban J connectivity index is 3.21. The van der Waals surface area contributed by atoms with Crippen molar-refractivity contribution in [1.29, 1.82) is 0 Å². The molecule has 1 aromatic carbocycles. The number of hydrogen-bond acceptors (Lipinski definition) is 3. The molecular formula is C8H12N2S. The van der Waals surface area contributed by atoms with Crippen molar-refractivity contribution in [3.63, 3.8) is 0 Å². The van der Waals surface area contributed by atoms with Gasteiger partial charge in [-0.3, -0.25) is 0 Å². The second-order valence-electron chi connectivity index (χ2n) is 2.45. The Kier molecular flexibility index (Phi) is 2.29. The molecule has 60 valence electrons. The first-order valence-corrected chi connectivity index (χ1v) is 4.57. The molecule has 0 fully saturated rings. The van der Waals surface area contributed by atoms with Gasteiger partial charge in [-0.05, 0) is 30.9 Å². The number of benzene rings is 1. The number of nitrogen functional groups attached to an aromatic ring is 2. The second kappa shape index (κ2) is 3.05. The summed E-state index contributed by atoms with van der Waals surface area (Å²) in [6.45, 7) is 1.96. The molecule has 0 aliphatic carbocycles. The summed E-state index contributed by atoms with van der Waals surface area (Å²) in [6, 6.07) is 3.93. The minimum absolute atomic E-state index is 0.675. The summed E-state index contributed by atoms with van der Waals surface area (Å²) in [5.41, 5.74) is 13.8. The molecular weight excluding hydrogens is 156 g/mol. The molecule has 0 radical (unpaired) electrons. The maximum Gasteiger partial charge on any atom is 0.0578 e. The first kappa shape index (κ1) is 8.27. The lowest BCUT2D eigenvalue weighted by Crippen LogP contribution is -1.97.